The predicted molar refractivity (Wildman–Crippen MR) is 128 cm³/mol. The third kappa shape index (κ3) is 5.36. The molecule has 13 nitrogen and oxygen atoms in total. The number of esters is 1. The first kappa shape index (κ1) is 27.5. The van der Waals surface area contributed by atoms with Gasteiger partial charge in [-0.05, 0) is 45.1 Å². The van der Waals surface area contributed by atoms with Crippen LogP contribution >= 0.6 is 8.18 Å². The fourth-order valence-corrected chi connectivity index (χ4v) is 5.12. The molecule has 4 N–H and O–H groups in total. The molecule has 2 aromatic heterocycles. The minimum atomic E-state index is -3.09. The van der Waals surface area contributed by atoms with Crippen molar-refractivity contribution in [2.75, 3.05) is 30.3 Å². The van der Waals surface area contributed by atoms with Crippen molar-refractivity contribution in [1.82, 2.24) is 24.6 Å². The smallest absolute Gasteiger partial charge is 0.462 e. The highest BCUT2D eigenvalue weighted by Gasteiger charge is 2.65. The van der Waals surface area contributed by atoms with E-state index in [-0.39, 0.29) is 11.6 Å². The van der Waals surface area contributed by atoms with Gasteiger partial charge in [-0.1, -0.05) is 5.09 Å². The highest BCUT2D eigenvalue weighted by atomic mass is 31.1. The number of aromatic nitrogens is 4. The third-order valence-corrected chi connectivity index (χ3v) is 7.16. The van der Waals surface area contributed by atoms with E-state index in [2.05, 4.69) is 20.0 Å². The average molecular weight is 546 g/mol. The number of ether oxygens (including phenoxy) is 2. The summed E-state index contributed by atoms with van der Waals surface area (Å²) in [5.41, 5.74) is 3.65. The number of carbonyl (C=O) groups is 1. The molecular formula is C21H31F2N7O6P+. The fraction of sp³-hybridized carbons (Fsp3) is 0.714. The van der Waals surface area contributed by atoms with Crippen molar-refractivity contribution in [2.24, 2.45) is 0 Å². The Labute approximate surface area is 212 Å². The number of rotatable bonds is 9. The monoisotopic (exact) mass is 546 g/mol. The van der Waals surface area contributed by atoms with Crippen LogP contribution in [0.5, 0.6) is 0 Å². The van der Waals surface area contributed by atoms with Crippen molar-refractivity contribution in [3.05, 3.63) is 6.33 Å². The zero-order chi connectivity index (χ0) is 27.1. The van der Waals surface area contributed by atoms with Crippen LogP contribution in [0.15, 0.2) is 6.33 Å². The Balaban J connectivity index is 1.52. The van der Waals surface area contributed by atoms with E-state index < -0.39 is 56.8 Å². The zero-order valence-electron chi connectivity index (χ0n) is 20.9. The summed E-state index contributed by atoms with van der Waals surface area (Å²) in [6, 6.07) is -1.03. The maximum Gasteiger partial charge on any atom is 0.614 e. The van der Waals surface area contributed by atoms with Crippen LogP contribution in [0.1, 0.15) is 46.8 Å². The number of anilines is 2. The quantitative estimate of drug-likeness (QED) is 0.309. The molecule has 4 rings (SSSR count). The molecule has 0 spiro atoms. The molecule has 204 valence electrons. The van der Waals surface area contributed by atoms with Crippen molar-refractivity contribution in [2.45, 2.75) is 76.5 Å². The van der Waals surface area contributed by atoms with Crippen LogP contribution in [0.4, 0.5) is 20.5 Å². The normalized spacial score (nSPS) is 29.3. The summed E-state index contributed by atoms with van der Waals surface area (Å²) in [6.45, 7) is 6.02. The summed E-state index contributed by atoms with van der Waals surface area (Å²) in [4.78, 5) is 26.6. The van der Waals surface area contributed by atoms with Gasteiger partial charge in [-0.25, -0.2) is 13.8 Å². The topological polar surface area (TPSA) is 167 Å². The molecule has 0 saturated carbocycles. The highest BCUT2D eigenvalue weighted by Crippen LogP contribution is 2.49. The van der Waals surface area contributed by atoms with E-state index in [9.17, 15) is 14.5 Å². The summed E-state index contributed by atoms with van der Waals surface area (Å²) in [5.74, 6) is -3.39. The Morgan fingerprint density at radius 3 is 2.68 bits per heavy atom. The molecule has 2 fully saturated rings. The second-order valence-corrected chi connectivity index (χ2v) is 10.6. The highest BCUT2D eigenvalue weighted by molar-refractivity contribution is 7.36. The minimum absolute atomic E-state index is 0.0849. The molecule has 2 aliphatic heterocycles. The largest absolute Gasteiger partial charge is 0.614 e. The molecule has 2 aromatic rings. The number of hydrogen-bond acceptors (Lipinski definition) is 11. The van der Waals surface area contributed by atoms with Crippen molar-refractivity contribution in [3.63, 3.8) is 0 Å². The van der Waals surface area contributed by atoms with E-state index in [0.29, 0.717) is 11.3 Å². The van der Waals surface area contributed by atoms with Gasteiger partial charge in [0.15, 0.2) is 41.6 Å². The number of carbonyl (C=O) groups excluding carboxylic acids is 1. The van der Waals surface area contributed by atoms with Gasteiger partial charge in [0, 0.05) is 13.1 Å². The number of imidazole rings is 1. The first-order valence-corrected chi connectivity index (χ1v) is 13.1. The second kappa shape index (κ2) is 10.3. The number of nitrogens with two attached hydrogens (primary N) is 1. The van der Waals surface area contributed by atoms with Crippen LogP contribution in [-0.4, -0.2) is 80.1 Å². The molecule has 37 heavy (non-hydrogen) atoms. The van der Waals surface area contributed by atoms with Crippen molar-refractivity contribution < 1.29 is 37.2 Å². The van der Waals surface area contributed by atoms with Crippen LogP contribution in [0.3, 0.4) is 0 Å². The number of hydrogen-bond donors (Lipinski definition) is 3. The predicted octanol–water partition coefficient (Wildman–Crippen LogP) is 1.90. The van der Waals surface area contributed by atoms with Gasteiger partial charge in [0.1, 0.15) is 6.04 Å². The molecule has 0 bridgehead atoms. The minimum Gasteiger partial charge on any atom is -0.462 e. The van der Waals surface area contributed by atoms with Gasteiger partial charge in [-0.2, -0.15) is 9.97 Å². The van der Waals surface area contributed by atoms with Gasteiger partial charge in [0.25, 0.3) is 5.85 Å². The zero-order valence-corrected chi connectivity index (χ0v) is 21.8. The van der Waals surface area contributed by atoms with Gasteiger partial charge < -0.3 is 25.2 Å². The number of nitrogens with one attached hydrogen (secondary N) is 1. The SMILES string of the molecule is CC(C)OC(=O)[C@H](C)N[P+](=O)OC[C@@]1(F)O[C@@H](n2cnc3c(N4CCCC4)nc(N)nc32)[C@](C)(F)[C@@H]1O. The Bertz CT molecular complexity index is 1180. The maximum absolute atomic E-state index is 15.8. The number of halogens is 2. The molecule has 0 aromatic carbocycles. The van der Waals surface area contributed by atoms with Gasteiger partial charge in [-0.3, -0.25) is 9.36 Å². The molecule has 0 amide bonds. The van der Waals surface area contributed by atoms with E-state index >= 15 is 8.78 Å². The summed E-state index contributed by atoms with van der Waals surface area (Å²) < 4.78 is 60.1. The summed E-state index contributed by atoms with van der Waals surface area (Å²) >= 11 is 0. The van der Waals surface area contributed by atoms with Gasteiger partial charge >= 0.3 is 14.1 Å². The lowest BCUT2D eigenvalue weighted by Crippen LogP contribution is -2.46. The fourth-order valence-electron chi connectivity index (χ4n) is 4.33. The Hall–Kier alpha value is -2.58. The molecule has 1 unspecified atom stereocenters. The van der Waals surface area contributed by atoms with Gasteiger partial charge in [0.05, 0.1) is 12.4 Å². The first-order chi connectivity index (χ1) is 17.3. The van der Waals surface area contributed by atoms with E-state index in [1.54, 1.807) is 13.8 Å². The van der Waals surface area contributed by atoms with Crippen LogP contribution in [0.25, 0.3) is 11.2 Å². The van der Waals surface area contributed by atoms with Gasteiger partial charge in [0.2, 0.25) is 5.95 Å². The van der Waals surface area contributed by atoms with E-state index in [1.807, 2.05) is 4.90 Å². The number of nitrogen functional groups attached to an aromatic ring is 1. The maximum atomic E-state index is 15.8. The van der Waals surface area contributed by atoms with Crippen LogP contribution < -0.4 is 15.7 Å². The lowest BCUT2D eigenvalue weighted by molar-refractivity contribution is -0.201. The number of aliphatic hydroxyl groups is 1. The number of alkyl halides is 2. The van der Waals surface area contributed by atoms with Crippen molar-refractivity contribution in [3.8, 4) is 0 Å². The summed E-state index contributed by atoms with van der Waals surface area (Å²) in [6.07, 6.45) is -1.29. The van der Waals surface area contributed by atoms with Crippen molar-refractivity contribution in [1.29, 1.82) is 0 Å². The summed E-state index contributed by atoms with van der Waals surface area (Å²) in [5, 5.41) is 12.9. The van der Waals surface area contributed by atoms with Crippen LogP contribution in [0, 0.1) is 0 Å². The van der Waals surface area contributed by atoms with Gasteiger partial charge in [-0.15, -0.1) is 4.52 Å². The lowest BCUT2D eigenvalue weighted by Gasteiger charge is -2.24. The average Bonchev–Trinajstić information content (AvgIpc) is 3.53. The number of aliphatic hydroxyl groups excluding tert-OH is 1. The standard InChI is InChI=1S/C21H31F2N7O6P/c1-11(2)35-16(31)12(3)28-37(33)34-9-21(23)17(32)20(4,22)18(36-21)30-10-25-13-14(29-7-5-6-8-29)26-19(24)27-15(13)30/h10-12,17-18,32H,5-9H2,1-4H3,(H,28,33)(H2,24,26,27)/q+1/t12-,17-,18+,20+,21+/m0/s1. The Morgan fingerprint density at radius 2 is 2.03 bits per heavy atom. The second-order valence-electron chi connectivity index (χ2n) is 9.60. The Kier molecular flexibility index (Phi) is 7.64. The molecule has 6 atom stereocenters. The number of fused-ring (bicyclic) bond motifs is 1. The third-order valence-electron chi connectivity index (χ3n) is 6.20. The van der Waals surface area contributed by atoms with Crippen LogP contribution in [0.2, 0.25) is 0 Å². The van der Waals surface area contributed by atoms with Crippen molar-refractivity contribution >= 4 is 37.1 Å². The summed E-state index contributed by atoms with van der Waals surface area (Å²) in [7, 11) is -2.79. The van der Waals surface area contributed by atoms with E-state index in [4.69, 9.17) is 19.7 Å². The van der Waals surface area contributed by atoms with E-state index in [1.165, 1.54) is 13.3 Å². The molecule has 2 aliphatic rings. The molecule has 4 heterocycles. The molecule has 16 heteroatoms. The lowest BCUT2D eigenvalue weighted by atomic mass is 9.97. The first-order valence-electron chi connectivity index (χ1n) is 11.9. The van der Waals surface area contributed by atoms with Crippen LogP contribution in [-0.2, 0) is 23.4 Å². The molecular weight excluding hydrogens is 515 g/mol. The molecule has 0 radical (unpaired) electrons. The molecule has 2 saturated heterocycles. The Morgan fingerprint density at radius 1 is 1.35 bits per heavy atom. The molecule has 0 aliphatic carbocycles. The number of nitrogens with zero attached hydrogens (tertiary/aromatic N) is 5. The van der Waals surface area contributed by atoms with E-state index in [0.717, 1.165) is 37.4 Å².